The van der Waals surface area contributed by atoms with E-state index in [0.29, 0.717) is 0 Å². The van der Waals surface area contributed by atoms with Gasteiger partial charge in [0.2, 0.25) is 0 Å². The van der Waals surface area contributed by atoms with Crippen LogP contribution in [0.3, 0.4) is 0 Å². The van der Waals surface area contributed by atoms with Gasteiger partial charge in [0.15, 0.2) is 0 Å². The minimum absolute atomic E-state index is 1.14. The molecule has 0 radical (unpaired) electrons. The molecule has 0 atom stereocenters. The van der Waals surface area contributed by atoms with Gasteiger partial charge in [0.1, 0.15) is 0 Å². The van der Waals surface area contributed by atoms with Crippen LogP contribution in [0.2, 0.25) is 17.3 Å². The van der Waals surface area contributed by atoms with Gasteiger partial charge in [0.05, 0.1) is 0 Å². The van der Waals surface area contributed by atoms with E-state index in [0.717, 1.165) is 6.54 Å². The average Bonchev–Trinajstić information content (AvgIpc) is 1.30. The Morgan fingerprint density at radius 3 is 1.71 bits per heavy atom. The van der Waals surface area contributed by atoms with Gasteiger partial charge in [-0.1, -0.05) is 0 Å². The molecule has 7 heavy (non-hydrogen) atoms. The molecule has 0 aromatic rings. The molecule has 44 valence electrons. The molecule has 1 nitrogen and oxygen atoms in total. The van der Waals surface area contributed by atoms with Crippen molar-refractivity contribution in [1.29, 1.82) is 0 Å². The van der Waals surface area contributed by atoms with Crippen LogP contribution in [0.1, 0.15) is 6.92 Å². The van der Waals surface area contributed by atoms with E-state index in [2.05, 4.69) is 28.5 Å². The summed E-state index contributed by atoms with van der Waals surface area (Å²) < 4.78 is 3.47. The maximum atomic E-state index is 3.47. The second kappa shape index (κ2) is 2.72. The van der Waals surface area contributed by atoms with E-state index in [-0.39, 0.29) is 0 Å². The van der Waals surface area contributed by atoms with Crippen LogP contribution in [-0.2, 0) is 0 Å². The number of hydrogen-bond acceptors (Lipinski definition) is 1. The fourth-order valence-electron chi connectivity index (χ4n) is 0.530. The molecule has 0 saturated carbocycles. The van der Waals surface area contributed by atoms with Gasteiger partial charge in [-0.2, -0.15) is 0 Å². The monoisotopic (exact) mass is 163 g/mol. The quantitative estimate of drug-likeness (QED) is 0.605. The molecule has 0 aliphatic carbocycles. The molecule has 0 fully saturated rings. The van der Waals surface area contributed by atoms with E-state index in [9.17, 15) is 0 Å². The summed E-state index contributed by atoms with van der Waals surface area (Å²) in [6.45, 7) is 3.31. The van der Waals surface area contributed by atoms with Crippen molar-refractivity contribution in [3.8, 4) is 0 Å². The molecule has 2 heteroatoms. The van der Waals surface area contributed by atoms with Gasteiger partial charge in [-0.15, -0.1) is 0 Å². The van der Waals surface area contributed by atoms with Crippen molar-refractivity contribution >= 4 is 13.5 Å². The van der Waals surface area contributed by atoms with Gasteiger partial charge < -0.3 is 0 Å². The van der Waals surface area contributed by atoms with Crippen molar-refractivity contribution in [3.63, 3.8) is 0 Å². The van der Waals surface area contributed by atoms with E-state index < -0.39 is 13.5 Å². The Bertz CT molecular complexity index is 46.5. The zero-order valence-corrected chi connectivity index (χ0v) is 7.81. The Labute approximate surface area is 49.1 Å². The van der Waals surface area contributed by atoms with E-state index in [1.807, 2.05) is 0 Å². The topological polar surface area (TPSA) is 12.0 Å². The van der Waals surface area contributed by atoms with Crippen molar-refractivity contribution < 1.29 is 0 Å². The fraction of sp³-hybridized carbons (Fsp3) is 1.00. The van der Waals surface area contributed by atoms with Crippen LogP contribution in [-0.4, -0.2) is 20.0 Å². The van der Waals surface area contributed by atoms with Crippen molar-refractivity contribution in [3.05, 3.63) is 0 Å². The molecule has 0 saturated heterocycles. The van der Waals surface area contributed by atoms with Gasteiger partial charge in [-0.3, -0.25) is 0 Å². The Morgan fingerprint density at radius 1 is 1.29 bits per heavy atom. The third-order valence-electron chi connectivity index (χ3n) is 0.707. The van der Waals surface area contributed by atoms with Gasteiger partial charge in [0.25, 0.3) is 0 Å². The van der Waals surface area contributed by atoms with Crippen molar-refractivity contribution in [2.24, 2.45) is 0 Å². The van der Waals surface area contributed by atoms with E-state index in [1.54, 1.807) is 0 Å². The van der Waals surface area contributed by atoms with Crippen molar-refractivity contribution in [1.82, 2.24) is 4.27 Å². The van der Waals surface area contributed by atoms with Crippen LogP contribution in [0.5, 0.6) is 0 Å². The number of hydrogen-bond donors (Lipinski definition) is 1. The second-order valence-corrected chi connectivity index (χ2v) is 13.0. The van der Waals surface area contributed by atoms with Crippen LogP contribution in [0.25, 0.3) is 0 Å². The molecular formula is C5H15GeN. The molecule has 0 amide bonds. The second-order valence-electron chi connectivity index (χ2n) is 2.78. The summed E-state index contributed by atoms with van der Waals surface area (Å²) in [6.07, 6.45) is 0. The summed E-state index contributed by atoms with van der Waals surface area (Å²) in [5.41, 5.74) is 0. The first-order valence-electron chi connectivity index (χ1n) is 2.81. The molecule has 1 N–H and O–H groups in total. The third-order valence-corrected chi connectivity index (χ3v) is 3.67. The molecule has 0 spiro atoms. The SMILES string of the molecule is CC[NH][Ge]([CH3])([CH3])[CH3]. The van der Waals surface area contributed by atoms with Gasteiger partial charge >= 0.3 is 48.5 Å². The fourth-order valence-corrected chi connectivity index (χ4v) is 2.76. The van der Waals surface area contributed by atoms with Crippen LogP contribution in [0.15, 0.2) is 0 Å². The van der Waals surface area contributed by atoms with Gasteiger partial charge in [-0.05, 0) is 0 Å². The van der Waals surface area contributed by atoms with Crippen LogP contribution < -0.4 is 4.27 Å². The molecule has 0 heterocycles. The molecule has 0 aromatic carbocycles. The molecule has 0 unspecified atom stereocenters. The van der Waals surface area contributed by atoms with Crippen molar-refractivity contribution in [2.75, 3.05) is 6.54 Å². The van der Waals surface area contributed by atoms with Crippen molar-refractivity contribution in [2.45, 2.75) is 24.2 Å². The molecule has 0 aliphatic heterocycles. The van der Waals surface area contributed by atoms with Crippen LogP contribution >= 0.6 is 0 Å². The zero-order chi connectivity index (χ0) is 5.91. The Balaban J connectivity index is 3.15. The summed E-state index contributed by atoms with van der Waals surface area (Å²) in [5, 5.41) is 0. The minimum atomic E-state index is -1.33. The van der Waals surface area contributed by atoms with Crippen LogP contribution in [0.4, 0.5) is 0 Å². The third kappa shape index (κ3) is 6.50. The van der Waals surface area contributed by atoms with Gasteiger partial charge in [-0.25, -0.2) is 0 Å². The molecular weight excluding hydrogens is 147 g/mol. The summed E-state index contributed by atoms with van der Waals surface area (Å²) >= 11 is -1.33. The Hall–Kier alpha value is 0.503. The molecule has 0 aromatic heterocycles. The summed E-state index contributed by atoms with van der Waals surface area (Å²) in [4.78, 5) is 0. The maximum absolute atomic E-state index is 3.47. The summed E-state index contributed by atoms with van der Waals surface area (Å²) in [7, 11) is 0. The van der Waals surface area contributed by atoms with Gasteiger partial charge in [0, 0.05) is 0 Å². The standard InChI is InChI=1S/C5H15GeN/c1-5-7-6(2,3)4/h7H,5H2,1-4H3. The van der Waals surface area contributed by atoms with E-state index in [4.69, 9.17) is 0 Å². The molecule has 0 rings (SSSR count). The summed E-state index contributed by atoms with van der Waals surface area (Å²) in [6, 6.07) is 0. The average molecular weight is 162 g/mol. The number of nitrogens with one attached hydrogen (secondary N) is 1. The van der Waals surface area contributed by atoms with E-state index >= 15 is 0 Å². The Morgan fingerprint density at radius 2 is 1.71 bits per heavy atom. The molecule has 0 bridgehead atoms. The van der Waals surface area contributed by atoms with Crippen LogP contribution in [0, 0.1) is 0 Å². The molecule has 0 aliphatic rings. The zero-order valence-electron chi connectivity index (χ0n) is 5.71. The first kappa shape index (κ1) is 7.50. The first-order valence-corrected chi connectivity index (χ1v) is 10.2. The predicted octanol–water partition coefficient (Wildman–Crippen LogP) is 1.43. The predicted molar refractivity (Wildman–Crippen MR) is 37.0 cm³/mol. The first-order chi connectivity index (χ1) is 3.06. The van der Waals surface area contributed by atoms with E-state index in [1.165, 1.54) is 0 Å². The summed E-state index contributed by atoms with van der Waals surface area (Å²) in [5.74, 6) is 7.05. The normalized spacial score (nSPS) is 12.0. The Kier molecular flexibility index (Phi) is 2.92. The number of rotatable bonds is 2.